The van der Waals surface area contributed by atoms with Gasteiger partial charge in [-0.05, 0) is 66.8 Å². The molecule has 2 aromatic carbocycles. The summed E-state index contributed by atoms with van der Waals surface area (Å²) in [6.45, 7) is 1.74. The molecule has 3 N–H and O–H groups in total. The number of ether oxygens (including phenoxy) is 2. The summed E-state index contributed by atoms with van der Waals surface area (Å²) < 4.78 is 11.8. The van der Waals surface area contributed by atoms with Crippen molar-refractivity contribution in [2.75, 3.05) is 26.2 Å². The topological polar surface area (TPSA) is 112 Å². The zero-order valence-electron chi connectivity index (χ0n) is 21.4. The number of aliphatic hydroxyl groups is 2. The van der Waals surface area contributed by atoms with Crippen LogP contribution in [0.3, 0.4) is 0 Å². The number of carboxylic acids is 1. The molecule has 0 aliphatic carbocycles. The molecular weight excluding hydrogens is 520 g/mol. The average Bonchev–Trinajstić information content (AvgIpc) is 3.10. The highest BCUT2D eigenvalue weighted by Crippen LogP contribution is 2.42. The predicted octanol–water partition coefficient (Wildman–Crippen LogP) is 4.66. The number of hydrogen-bond acceptors (Lipinski definition) is 7. The smallest absolute Gasteiger partial charge is 0.347 e. The van der Waals surface area contributed by atoms with E-state index in [4.69, 9.17) is 21.1 Å². The van der Waals surface area contributed by atoms with E-state index in [1.807, 2.05) is 36.4 Å². The van der Waals surface area contributed by atoms with Crippen LogP contribution in [0.4, 0.5) is 0 Å². The summed E-state index contributed by atoms with van der Waals surface area (Å²) in [5.74, 6) is 0.123. The third-order valence-corrected chi connectivity index (χ3v) is 7.64. The second kappa shape index (κ2) is 11.8. The van der Waals surface area contributed by atoms with E-state index in [2.05, 4.69) is 16.0 Å². The molecule has 5 rings (SSSR count). The van der Waals surface area contributed by atoms with Gasteiger partial charge < -0.3 is 29.7 Å². The van der Waals surface area contributed by atoms with E-state index in [9.17, 15) is 20.1 Å². The molecule has 204 valence electrons. The van der Waals surface area contributed by atoms with Gasteiger partial charge in [-0.25, -0.2) is 9.78 Å². The van der Waals surface area contributed by atoms with Gasteiger partial charge in [-0.3, -0.25) is 0 Å². The van der Waals surface area contributed by atoms with E-state index < -0.39 is 24.3 Å². The number of pyridine rings is 1. The lowest BCUT2D eigenvalue weighted by Gasteiger charge is -2.38. The van der Waals surface area contributed by atoms with Gasteiger partial charge in [0.1, 0.15) is 11.5 Å². The highest BCUT2D eigenvalue weighted by molar-refractivity contribution is 6.30. The lowest BCUT2D eigenvalue weighted by atomic mass is 9.84. The van der Waals surface area contributed by atoms with Crippen molar-refractivity contribution in [3.05, 3.63) is 88.6 Å². The Labute approximate surface area is 232 Å². The first-order valence-corrected chi connectivity index (χ1v) is 13.4. The third kappa shape index (κ3) is 6.09. The molecule has 1 fully saturated rings. The zero-order chi connectivity index (χ0) is 27.4. The van der Waals surface area contributed by atoms with Crippen LogP contribution >= 0.6 is 11.6 Å². The molecule has 0 radical (unpaired) electrons. The molecule has 39 heavy (non-hydrogen) atoms. The molecule has 0 saturated carbocycles. The molecule has 0 bridgehead atoms. The van der Waals surface area contributed by atoms with E-state index >= 15 is 0 Å². The summed E-state index contributed by atoms with van der Waals surface area (Å²) in [4.78, 5) is 18.3. The minimum atomic E-state index is -1.38. The van der Waals surface area contributed by atoms with Crippen molar-refractivity contribution in [3.8, 4) is 17.4 Å². The number of fused-ring (bicyclic) bond motifs is 2. The van der Waals surface area contributed by atoms with Crippen molar-refractivity contribution in [2.24, 2.45) is 0 Å². The van der Waals surface area contributed by atoms with Crippen molar-refractivity contribution in [2.45, 2.75) is 37.4 Å². The number of nitrogens with zero attached hydrogens (tertiary/aromatic N) is 2. The molecule has 9 heteroatoms. The molecule has 2 aliphatic rings. The Morgan fingerprint density at radius 2 is 1.92 bits per heavy atom. The minimum absolute atomic E-state index is 0.352. The number of halogens is 1. The van der Waals surface area contributed by atoms with Crippen LogP contribution in [0.25, 0.3) is 5.57 Å². The maximum atomic E-state index is 11.5. The molecule has 0 spiro atoms. The van der Waals surface area contributed by atoms with Crippen LogP contribution in [-0.2, 0) is 16.8 Å². The molecule has 8 nitrogen and oxygen atoms in total. The number of aromatic nitrogens is 1. The SMILES string of the molecule is O=C(O)C(CO)Oc1cccc2c1C/C(=C/CCN1CCC(O)(c3ccc(Cl)cc3)CC1)c1cccnc1O2. The Morgan fingerprint density at radius 1 is 1.15 bits per heavy atom. The van der Waals surface area contributed by atoms with Gasteiger partial charge in [-0.1, -0.05) is 35.9 Å². The van der Waals surface area contributed by atoms with Gasteiger partial charge in [0.05, 0.1) is 12.2 Å². The van der Waals surface area contributed by atoms with Crippen LogP contribution in [0.5, 0.6) is 17.4 Å². The predicted molar refractivity (Wildman–Crippen MR) is 147 cm³/mol. The van der Waals surface area contributed by atoms with E-state index in [0.29, 0.717) is 47.2 Å². The van der Waals surface area contributed by atoms with Crippen molar-refractivity contribution in [1.29, 1.82) is 0 Å². The number of aliphatic hydroxyl groups excluding tert-OH is 1. The number of likely N-dealkylation sites (tertiary alicyclic amines) is 1. The Bertz CT molecular complexity index is 1350. The zero-order valence-corrected chi connectivity index (χ0v) is 22.2. The number of rotatable bonds is 8. The quantitative estimate of drug-likeness (QED) is 0.371. The fraction of sp³-hybridized carbons (Fsp3) is 0.333. The second-order valence-corrected chi connectivity index (χ2v) is 10.3. The number of hydrogen-bond donors (Lipinski definition) is 3. The lowest BCUT2D eigenvalue weighted by molar-refractivity contribution is -0.146. The lowest BCUT2D eigenvalue weighted by Crippen LogP contribution is -2.42. The number of piperidine rings is 1. The number of aliphatic carboxylic acids is 1. The highest BCUT2D eigenvalue weighted by atomic mass is 35.5. The van der Waals surface area contributed by atoms with E-state index in [-0.39, 0.29) is 0 Å². The summed E-state index contributed by atoms with van der Waals surface area (Å²) >= 11 is 6.01. The van der Waals surface area contributed by atoms with Gasteiger partial charge in [-0.15, -0.1) is 0 Å². The van der Waals surface area contributed by atoms with Crippen molar-refractivity contribution >= 4 is 23.1 Å². The molecule has 1 atom stereocenters. The fourth-order valence-electron chi connectivity index (χ4n) is 5.15. The van der Waals surface area contributed by atoms with Crippen LogP contribution in [0.2, 0.25) is 5.02 Å². The number of carboxylic acid groups (broad SMARTS) is 1. The second-order valence-electron chi connectivity index (χ2n) is 9.89. The van der Waals surface area contributed by atoms with Gasteiger partial charge in [0.15, 0.2) is 0 Å². The molecule has 2 aliphatic heterocycles. The summed E-state index contributed by atoms with van der Waals surface area (Å²) in [6, 6.07) is 16.5. The van der Waals surface area contributed by atoms with Crippen LogP contribution < -0.4 is 9.47 Å². The minimum Gasteiger partial charge on any atom is -0.478 e. The first kappa shape index (κ1) is 27.1. The van der Waals surface area contributed by atoms with Gasteiger partial charge in [0.2, 0.25) is 12.0 Å². The molecular formula is C30H31ClN2O6. The van der Waals surface area contributed by atoms with Crippen molar-refractivity contribution < 1.29 is 29.6 Å². The molecule has 3 aromatic rings. The van der Waals surface area contributed by atoms with Crippen molar-refractivity contribution in [1.82, 2.24) is 9.88 Å². The fourth-order valence-corrected chi connectivity index (χ4v) is 5.28. The highest BCUT2D eigenvalue weighted by Gasteiger charge is 2.33. The van der Waals surface area contributed by atoms with Crippen LogP contribution in [-0.4, -0.2) is 63.5 Å². The number of benzene rings is 2. The van der Waals surface area contributed by atoms with E-state index in [1.165, 1.54) is 0 Å². The molecule has 1 saturated heterocycles. The average molecular weight is 551 g/mol. The number of allylic oxidation sites excluding steroid dienone is 1. The summed E-state index contributed by atoms with van der Waals surface area (Å²) in [6.07, 6.45) is 4.98. The molecule has 1 unspecified atom stereocenters. The maximum absolute atomic E-state index is 11.5. The van der Waals surface area contributed by atoms with Gasteiger partial charge in [0, 0.05) is 48.4 Å². The maximum Gasteiger partial charge on any atom is 0.347 e. The molecule has 0 amide bonds. The first-order chi connectivity index (χ1) is 18.9. The third-order valence-electron chi connectivity index (χ3n) is 7.39. The summed E-state index contributed by atoms with van der Waals surface area (Å²) in [5, 5.41) is 30.7. The Morgan fingerprint density at radius 3 is 2.64 bits per heavy atom. The Hall–Kier alpha value is -3.43. The van der Waals surface area contributed by atoms with Gasteiger partial charge in [0.25, 0.3) is 0 Å². The molecule has 3 heterocycles. The van der Waals surface area contributed by atoms with Crippen LogP contribution in [0.15, 0.2) is 66.9 Å². The van der Waals surface area contributed by atoms with Crippen LogP contribution in [0, 0.1) is 0 Å². The van der Waals surface area contributed by atoms with Gasteiger partial charge in [-0.2, -0.15) is 0 Å². The Balaban J connectivity index is 1.31. The first-order valence-electron chi connectivity index (χ1n) is 13.0. The molecule has 1 aromatic heterocycles. The largest absolute Gasteiger partial charge is 0.478 e. The normalized spacial score (nSPS) is 18.4. The van der Waals surface area contributed by atoms with E-state index in [1.54, 1.807) is 24.4 Å². The number of carbonyl (C=O) groups is 1. The summed E-state index contributed by atoms with van der Waals surface area (Å²) in [7, 11) is 0. The summed E-state index contributed by atoms with van der Waals surface area (Å²) in [5.41, 5.74) is 2.63. The van der Waals surface area contributed by atoms with E-state index in [0.717, 1.165) is 42.8 Å². The Kier molecular flexibility index (Phi) is 8.18. The monoisotopic (exact) mass is 550 g/mol. The van der Waals surface area contributed by atoms with Gasteiger partial charge >= 0.3 is 5.97 Å². The van der Waals surface area contributed by atoms with Crippen LogP contribution in [0.1, 0.15) is 36.0 Å². The standard InChI is InChI=1S/C30H31ClN2O6/c31-22-10-8-21(9-11-22)30(37)12-16-33(17-13-30)15-3-4-20-18-24-25(38-27(19-34)29(35)36)6-1-7-26(24)39-28-23(20)5-2-14-32-28/h1-2,4-11,14,27,34,37H,3,12-13,15-19H2,(H,35,36)/b20-4-. The van der Waals surface area contributed by atoms with Crippen molar-refractivity contribution in [3.63, 3.8) is 0 Å².